The molecule has 10 nitrogen and oxygen atoms in total. The molecule has 5 aromatic rings. The van der Waals surface area contributed by atoms with Crippen LogP contribution in [0, 0.1) is 106 Å². The summed E-state index contributed by atoms with van der Waals surface area (Å²) >= 11 is 0. The highest BCUT2D eigenvalue weighted by molar-refractivity contribution is 6.35. The molecule has 0 N–H and O–H groups in total. The van der Waals surface area contributed by atoms with Crippen molar-refractivity contribution in [2.45, 2.75) is 0 Å². The number of hydrogen-bond acceptors (Lipinski definition) is 6. The molecule has 0 radical (unpaired) electrons. The third kappa shape index (κ3) is 5.85. The van der Waals surface area contributed by atoms with Crippen molar-refractivity contribution in [3.05, 3.63) is 209 Å². The van der Waals surface area contributed by atoms with Crippen LogP contribution in [-0.4, -0.2) is 0 Å². The van der Waals surface area contributed by atoms with Crippen molar-refractivity contribution >= 4 is 56.2 Å². The fourth-order valence-corrected chi connectivity index (χ4v) is 7.51. The Balaban J connectivity index is 1.79. The average Bonchev–Trinajstić information content (AvgIpc) is 3.79. The number of nitriles is 6. The number of benzene rings is 5. The zero-order valence-corrected chi connectivity index (χ0v) is 30.3. The van der Waals surface area contributed by atoms with Gasteiger partial charge in [0.15, 0.2) is 11.4 Å². The summed E-state index contributed by atoms with van der Waals surface area (Å²) in [7, 11) is 0. The van der Waals surface area contributed by atoms with Crippen molar-refractivity contribution in [3.8, 4) is 36.4 Å². The Morgan fingerprint density at radius 3 is 1.47 bits per heavy atom. The van der Waals surface area contributed by atoms with E-state index in [2.05, 4.69) is 43.7 Å². The molecule has 5 aromatic carbocycles. The van der Waals surface area contributed by atoms with Gasteiger partial charge in [0.1, 0.15) is 29.8 Å². The predicted octanol–water partition coefficient (Wildman–Crippen LogP) is 11.0. The second-order valence-electron chi connectivity index (χ2n) is 12.9. The van der Waals surface area contributed by atoms with Crippen molar-refractivity contribution in [1.29, 1.82) is 31.6 Å². The average molecular weight is 769 g/mol. The molecular weight excluding hydrogens is 755 g/mol. The monoisotopic (exact) mass is 768 g/mol. The lowest BCUT2D eigenvalue weighted by Crippen LogP contribution is -2.05. The van der Waals surface area contributed by atoms with Crippen LogP contribution in [0.3, 0.4) is 0 Å². The molecule has 0 heterocycles. The molecule has 7 rings (SSSR count). The zero-order chi connectivity index (χ0) is 42.8. The molecule has 270 valence electrons. The van der Waals surface area contributed by atoms with Gasteiger partial charge >= 0.3 is 0 Å². The second-order valence-corrected chi connectivity index (χ2v) is 12.9. The number of fused-ring (bicyclic) bond motifs is 2. The number of halogens is 2. The Hall–Kier alpha value is -10.2. The lowest BCUT2D eigenvalue weighted by molar-refractivity contribution is 0.627. The fraction of sp³-hybridized carbons (Fsp3) is 0. The van der Waals surface area contributed by atoms with Gasteiger partial charge in [0, 0.05) is 11.1 Å². The van der Waals surface area contributed by atoms with Gasteiger partial charge in [0.05, 0.1) is 77.9 Å². The van der Waals surface area contributed by atoms with Gasteiger partial charge in [-0.2, -0.15) is 31.6 Å². The van der Waals surface area contributed by atoms with Crippen molar-refractivity contribution in [2.75, 3.05) is 0 Å². The van der Waals surface area contributed by atoms with Crippen LogP contribution in [0.1, 0.15) is 66.8 Å². The maximum absolute atomic E-state index is 14.4. The summed E-state index contributed by atoms with van der Waals surface area (Å²) < 4.78 is 28.9. The van der Waals surface area contributed by atoms with E-state index in [1.54, 1.807) is 0 Å². The summed E-state index contributed by atoms with van der Waals surface area (Å²) in [5, 5.41) is 64.2. The van der Waals surface area contributed by atoms with Gasteiger partial charge in [-0.05, 0) is 98.1 Å². The third-order valence-corrected chi connectivity index (χ3v) is 9.81. The minimum absolute atomic E-state index is 0.000589. The Morgan fingerprint density at radius 1 is 0.500 bits per heavy atom. The minimum Gasteiger partial charge on any atom is -0.239 e. The van der Waals surface area contributed by atoms with Gasteiger partial charge in [-0.1, -0.05) is 42.5 Å². The summed E-state index contributed by atoms with van der Waals surface area (Å²) in [6.45, 7) is 32.3. The molecule has 0 amide bonds. The molecular formula is C48H14F2N10. The van der Waals surface area contributed by atoms with E-state index in [0.29, 0.717) is 0 Å². The SMILES string of the molecule is [C-]#[N+]C1=C(c2ccc(F)cc2)/C(=C(/C#N)c2cc([N+]#[C-])cc([N+]#[C-])c2)c2c(C#N)c3c(c(C#N)c21)/C(=C(\[N+]#[C-])c1cc(C#N)cc(C#N)c1)C(c1ccc(F)cc1)=C3C#N. The van der Waals surface area contributed by atoms with Gasteiger partial charge in [0.25, 0.3) is 0 Å². The largest absolute Gasteiger partial charge is 0.239 e. The third-order valence-electron chi connectivity index (χ3n) is 9.81. The van der Waals surface area contributed by atoms with Crippen LogP contribution in [0.15, 0.2) is 84.9 Å². The number of hydrogen-bond donors (Lipinski definition) is 0. The summed E-state index contributed by atoms with van der Waals surface area (Å²) in [6.07, 6.45) is 0. The van der Waals surface area contributed by atoms with E-state index in [0.717, 1.165) is 24.3 Å². The highest BCUT2D eigenvalue weighted by atomic mass is 19.1. The highest BCUT2D eigenvalue weighted by Crippen LogP contribution is 2.59. The molecule has 60 heavy (non-hydrogen) atoms. The van der Waals surface area contributed by atoms with Crippen molar-refractivity contribution in [3.63, 3.8) is 0 Å². The van der Waals surface area contributed by atoms with Gasteiger partial charge in [-0.15, -0.1) is 0 Å². The maximum atomic E-state index is 14.4. The molecule has 2 aliphatic carbocycles. The Bertz CT molecular complexity index is 3130. The first-order valence-corrected chi connectivity index (χ1v) is 17.1. The van der Waals surface area contributed by atoms with Crippen LogP contribution < -0.4 is 0 Å². The number of rotatable bonds is 4. The smallest absolute Gasteiger partial charge is 0.204 e. The van der Waals surface area contributed by atoms with E-state index in [4.69, 9.17) is 26.3 Å². The highest BCUT2D eigenvalue weighted by Gasteiger charge is 2.43. The molecule has 2 aliphatic rings. The minimum atomic E-state index is -0.637. The van der Waals surface area contributed by atoms with Gasteiger partial charge < -0.3 is 0 Å². The molecule has 0 fully saturated rings. The van der Waals surface area contributed by atoms with Crippen LogP contribution >= 0.6 is 0 Å². The molecule has 0 saturated carbocycles. The van der Waals surface area contributed by atoms with Crippen molar-refractivity contribution in [2.24, 2.45) is 0 Å². The van der Waals surface area contributed by atoms with Crippen molar-refractivity contribution < 1.29 is 8.78 Å². The lowest BCUT2D eigenvalue weighted by atomic mass is 9.82. The first-order chi connectivity index (χ1) is 29.1. The van der Waals surface area contributed by atoms with Gasteiger partial charge in [-0.3, -0.25) is 0 Å². The first-order valence-electron chi connectivity index (χ1n) is 17.1. The Labute approximate surface area is 341 Å². The number of allylic oxidation sites excluding steroid dienone is 6. The van der Waals surface area contributed by atoms with E-state index in [-0.39, 0.29) is 123 Å². The van der Waals surface area contributed by atoms with E-state index >= 15 is 0 Å². The molecule has 0 saturated heterocycles. The summed E-state index contributed by atoms with van der Waals surface area (Å²) in [6, 6.07) is 30.2. The van der Waals surface area contributed by atoms with E-state index in [1.165, 1.54) is 60.7 Å². The molecule has 12 heteroatoms. The van der Waals surface area contributed by atoms with Gasteiger partial charge in [-0.25, -0.2) is 28.2 Å². The molecule has 0 aliphatic heterocycles. The summed E-state index contributed by atoms with van der Waals surface area (Å²) in [5.74, 6) is -1.27. The van der Waals surface area contributed by atoms with E-state index in [9.17, 15) is 40.4 Å². The van der Waals surface area contributed by atoms with E-state index in [1.807, 2.05) is 12.1 Å². The molecule has 0 unspecified atom stereocenters. The van der Waals surface area contributed by atoms with Crippen LogP contribution in [0.25, 0.3) is 64.2 Å². The van der Waals surface area contributed by atoms with E-state index < -0.39 is 11.6 Å². The zero-order valence-electron chi connectivity index (χ0n) is 30.3. The van der Waals surface area contributed by atoms with Crippen molar-refractivity contribution in [1.82, 2.24) is 0 Å². The van der Waals surface area contributed by atoms with Crippen LogP contribution in [-0.2, 0) is 0 Å². The normalized spacial score (nSPS) is 13.6. The molecule has 0 aromatic heterocycles. The topological polar surface area (TPSA) is 160 Å². The predicted molar refractivity (Wildman–Crippen MR) is 215 cm³/mol. The number of nitrogens with zero attached hydrogens (tertiary/aromatic N) is 10. The van der Waals surface area contributed by atoms with Gasteiger partial charge in [0.2, 0.25) is 11.4 Å². The molecule has 0 bridgehead atoms. The summed E-state index contributed by atoms with van der Waals surface area (Å²) in [4.78, 5) is 14.5. The Morgan fingerprint density at radius 2 is 1.02 bits per heavy atom. The quantitative estimate of drug-likeness (QED) is 0.131. The van der Waals surface area contributed by atoms with Crippen LogP contribution in [0.5, 0.6) is 0 Å². The maximum Gasteiger partial charge on any atom is 0.204 e. The summed E-state index contributed by atoms with van der Waals surface area (Å²) in [5.41, 5.74) is -1.80. The molecule has 0 atom stereocenters. The standard InChI is InChI=1S/C48H14F2N10/c1-57-33-16-29(17-34(18-33)58-2)35(21-53)42-40(28-7-11-32(50)12-8-28)48(60-4)45-38(24-56)43-41(37(23-55)44(42)45)36(22-54)39(27-5-9-31(49)10-6-27)46(43)47(59-3)30-14-25(19-51)13-26(15-30)20-52/h5-18H/b42-35+,47-46-. The van der Waals surface area contributed by atoms with Crippen LogP contribution in [0.4, 0.5) is 20.2 Å². The molecule has 0 spiro atoms. The first kappa shape index (κ1) is 38.1. The lowest BCUT2D eigenvalue weighted by Gasteiger charge is -2.18. The second kappa shape index (κ2) is 15.2. The Kier molecular flexibility index (Phi) is 9.63. The van der Waals surface area contributed by atoms with Crippen LogP contribution in [0.2, 0.25) is 0 Å². The fourth-order valence-electron chi connectivity index (χ4n) is 7.51.